The van der Waals surface area contributed by atoms with Crippen LogP contribution in [-0.2, 0) is 11.2 Å². The maximum atomic E-state index is 11.6. The molecule has 0 aliphatic rings. The Labute approximate surface area is 141 Å². The Morgan fingerprint density at radius 1 is 1.29 bits per heavy atom. The summed E-state index contributed by atoms with van der Waals surface area (Å²) in [5.74, 6) is -0.0359. The number of aromatic nitrogens is 1. The summed E-state index contributed by atoms with van der Waals surface area (Å²) in [6.07, 6.45) is 0.308. The second-order valence-corrected chi connectivity index (χ2v) is 5.18. The number of amides is 1. The van der Waals surface area contributed by atoms with Crippen molar-refractivity contribution >= 4 is 42.1 Å². The second-order valence-electron chi connectivity index (χ2n) is 4.33. The normalized spacial score (nSPS) is 9.43. The summed E-state index contributed by atoms with van der Waals surface area (Å²) in [5, 5.41) is 5.61. The van der Waals surface area contributed by atoms with Gasteiger partial charge in [-0.25, -0.2) is 4.98 Å². The van der Waals surface area contributed by atoms with Crippen molar-refractivity contribution in [3.05, 3.63) is 40.9 Å². The molecule has 1 aromatic carbocycles. The van der Waals surface area contributed by atoms with Crippen LogP contribution in [0.25, 0.3) is 10.6 Å². The van der Waals surface area contributed by atoms with E-state index < -0.39 is 0 Å². The van der Waals surface area contributed by atoms with Gasteiger partial charge in [0, 0.05) is 24.0 Å². The minimum Gasteiger partial charge on any atom is -0.354 e. The van der Waals surface area contributed by atoms with Crippen LogP contribution < -0.4 is 11.1 Å². The third-order valence-corrected chi connectivity index (χ3v) is 3.60. The molecule has 0 spiro atoms. The number of halogens is 2. The first-order valence-electron chi connectivity index (χ1n) is 6.17. The second kappa shape index (κ2) is 9.73. The van der Waals surface area contributed by atoms with Gasteiger partial charge in [0.25, 0.3) is 0 Å². The Hall–Kier alpha value is -1.14. The zero-order chi connectivity index (χ0) is 13.7. The topological polar surface area (TPSA) is 68.0 Å². The maximum absolute atomic E-state index is 11.6. The molecule has 0 fully saturated rings. The number of nitrogens with zero attached hydrogens (tertiary/aromatic N) is 1. The summed E-state index contributed by atoms with van der Waals surface area (Å²) >= 11 is 1.56. The van der Waals surface area contributed by atoms with E-state index in [1.54, 1.807) is 11.3 Å². The predicted molar refractivity (Wildman–Crippen MR) is 92.6 cm³/mol. The summed E-state index contributed by atoms with van der Waals surface area (Å²) in [4.78, 5) is 16.0. The zero-order valence-electron chi connectivity index (χ0n) is 11.7. The van der Waals surface area contributed by atoms with E-state index in [9.17, 15) is 4.79 Å². The first kappa shape index (κ1) is 19.9. The van der Waals surface area contributed by atoms with E-state index in [2.05, 4.69) is 29.4 Å². The van der Waals surface area contributed by atoms with Gasteiger partial charge in [0.1, 0.15) is 5.01 Å². The quantitative estimate of drug-likeness (QED) is 0.873. The average Bonchev–Trinajstić information content (AvgIpc) is 2.85. The van der Waals surface area contributed by atoms with Gasteiger partial charge in [-0.15, -0.1) is 36.2 Å². The molecule has 21 heavy (non-hydrogen) atoms. The summed E-state index contributed by atoms with van der Waals surface area (Å²) in [7, 11) is 0. The molecule has 1 aromatic heterocycles. The summed E-state index contributed by atoms with van der Waals surface area (Å²) in [5.41, 5.74) is 8.45. The van der Waals surface area contributed by atoms with Crippen LogP contribution in [0.5, 0.6) is 0 Å². The van der Waals surface area contributed by atoms with Crippen LogP contribution in [-0.4, -0.2) is 24.0 Å². The number of carbonyl (C=O) groups excluding carboxylic acids is 1. The number of hydrogen-bond acceptors (Lipinski definition) is 4. The summed E-state index contributed by atoms with van der Waals surface area (Å²) < 4.78 is 0. The fourth-order valence-electron chi connectivity index (χ4n) is 1.66. The number of benzene rings is 1. The summed E-state index contributed by atoms with van der Waals surface area (Å²) in [6.45, 7) is 3.02. The fraction of sp³-hybridized carbons (Fsp3) is 0.286. The van der Waals surface area contributed by atoms with E-state index in [1.807, 2.05) is 17.5 Å². The highest BCUT2D eigenvalue weighted by atomic mass is 35.5. The number of nitrogens with two attached hydrogens (primary N) is 1. The first-order chi connectivity index (χ1) is 9.19. The van der Waals surface area contributed by atoms with Crippen molar-refractivity contribution in [3.63, 3.8) is 0 Å². The molecule has 3 N–H and O–H groups in total. The molecule has 0 radical (unpaired) electrons. The van der Waals surface area contributed by atoms with Crippen LogP contribution in [0.4, 0.5) is 0 Å². The molecular formula is C14H19Cl2N3OS. The van der Waals surface area contributed by atoms with Gasteiger partial charge in [-0.3, -0.25) is 4.79 Å². The Kier molecular flexibility index (Phi) is 9.21. The van der Waals surface area contributed by atoms with Gasteiger partial charge in [0.05, 0.1) is 12.1 Å². The van der Waals surface area contributed by atoms with Crippen molar-refractivity contribution < 1.29 is 4.79 Å². The Bertz CT molecular complexity index is 558. The Morgan fingerprint density at radius 2 is 1.95 bits per heavy atom. The van der Waals surface area contributed by atoms with Crippen molar-refractivity contribution in [1.82, 2.24) is 10.3 Å². The number of hydrogen-bond donors (Lipinski definition) is 2. The van der Waals surface area contributed by atoms with E-state index >= 15 is 0 Å². The number of rotatable bonds is 5. The molecule has 1 amide bonds. The highest BCUT2D eigenvalue weighted by Gasteiger charge is 2.08. The standard InChI is InChI=1S/C14H17N3OS.2ClH/c1-10-2-4-11(5-3-10)14-17-12(9-19-14)8-13(18)16-7-6-15;;/h2-5,9H,6-8,15H2,1H3,(H,16,18);2*1H. The van der Waals surface area contributed by atoms with Gasteiger partial charge in [-0.05, 0) is 6.92 Å². The van der Waals surface area contributed by atoms with Crippen LogP contribution >= 0.6 is 36.2 Å². The molecule has 0 aliphatic carbocycles. The molecular weight excluding hydrogens is 329 g/mol. The number of thiazole rings is 1. The van der Waals surface area contributed by atoms with E-state index in [0.29, 0.717) is 19.5 Å². The van der Waals surface area contributed by atoms with Gasteiger partial charge < -0.3 is 11.1 Å². The van der Waals surface area contributed by atoms with Gasteiger partial charge >= 0.3 is 0 Å². The SMILES string of the molecule is Cc1ccc(-c2nc(CC(=O)NCCN)cs2)cc1.Cl.Cl. The van der Waals surface area contributed by atoms with Crippen LogP contribution in [0.2, 0.25) is 0 Å². The Balaban J connectivity index is 0.00000200. The van der Waals surface area contributed by atoms with Gasteiger partial charge in [0.15, 0.2) is 0 Å². The predicted octanol–water partition coefficient (Wildman–Crippen LogP) is 2.58. The maximum Gasteiger partial charge on any atom is 0.226 e. The minimum atomic E-state index is -0.0359. The third-order valence-electron chi connectivity index (χ3n) is 2.66. The lowest BCUT2D eigenvalue weighted by molar-refractivity contribution is -0.120. The highest BCUT2D eigenvalue weighted by Crippen LogP contribution is 2.24. The van der Waals surface area contributed by atoms with Crippen molar-refractivity contribution in [3.8, 4) is 10.6 Å². The van der Waals surface area contributed by atoms with Crippen LogP contribution in [0, 0.1) is 6.92 Å². The molecule has 4 nitrogen and oxygen atoms in total. The monoisotopic (exact) mass is 347 g/mol. The fourth-order valence-corrected chi connectivity index (χ4v) is 2.48. The van der Waals surface area contributed by atoms with E-state index in [0.717, 1.165) is 16.3 Å². The molecule has 116 valence electrons. The van der Waals surface area contributed by atoms with Crippen molar-refractivity contribution in [1.29, 1.82) is 0 Å². The Morgan fingerprint density at radius 3 is 2.57 bits per heavy atom. The van der Waals surface area contributed by atoms with Crippen LogP contribution in [0.1, 0.15) is 11.3 Å². The molecule has 0 aliphatic heterocycles. The number of carbonyl (C=O) groups is 1. The smallest absolute Gasteiger partial charge is 0.226 e. The lowest BCUT2D eigenvalue weighted by Crippen LogP contribution is -2.30. The molecule has 0 unspecified atom stereocenters. The molecule has 0 saturated carbocycles. The van der Waals surface area contributed by atoms with Crippen molar-refractivity contribution in [2.75, 3.05) is 13.1 Å². The van der Waals surface area contributed by atoms with Crippen LogP contribution in [0.3, 0.4) is 0 Å². The minimum absolute atomic E-state index is 0. The molecule has 2 aromatic rings. The average molecular weight is 348 g/mol. The van der Waals surface area contributed by atoms with E-state index in [1.165, 1.54) is 5.56 Å². The number of aryl methyl sites for hydroxylation is 1. The molecule has 0 bridgehead atoms. The van der Waals surface area contributed by atoms with Crippen molar-refractivity contribution in [2.24, 2.45) is 5.73 Å². The highest BCUT2D eigenvalue weighted by molar-refractivity contribution is 7.13. The summed E-state index contributed by atoms with van der Waals surface area (Å²) in [6, 6.07) is 8.22. The molecule has 2 rings (SSSR count). The van der Waals surface area contributed by atoms with Crippen LogP contribution in [0.15, 0.2) is 29.6 Å². The lowest BCUT2D eigenvalue weighted by atomic mass is 10.2. The lowest BCUT2D eigenvalue weighted by Gasteiger charge is -2.00. The number of nitrogens with one attached hydrogen (secondary N) is 1. The van der Waals surface area contributed by atoms with Gasteiger partial charge in [-0.2, -0.15) is 0 Å². The van der Waals surface area contributed by atoms with Gasteiger partial charge in [0.2, 0.25) is 5.91 Å². The first-order valence-corrected chi connectivity index (χ1v) is 7.05. The van der Waals surface area contributed by atoms with Gasteiger partial charge in [-0.1, -0.05) is 29.8 Å². The largest absolute Gasteiger partial charge is 0.354 e. The van der Waals surface area contributed by atoms with E-state index in [-0.39, 0.29) is 30.7 Å². The molecule has 0 saturated heterocycles. The molecule has 0 atom stereocenters. The third kappa shape index (κ3) is 6.01. The van der Waals surface area contributed by atoms with E-state index in [4.69, 9.17) is 5.73 Å². The van der Waals surface area contributed by atoms with Crippen molar-refractivity contribution in [2.45, 2.75) is 13.3 Å². The molecule has 7 heteroatoms. The molecule has 1 heterocycles. The zero-order valence-corrected chi connectivity index (χ0v) is 14.1.